The molecule has 0 unspecified atom stereocenters. The maximum absolute atomic E-state index is 13.5. The number of aliphatic carboxylic acids is 2. The van der Waals surface area contributed by atoms with Gasteiger partial charge in [-0.15, -0.1) is 0 Å². The molecule has 0 radical (unpaired) electrons. The van der Waals surface area contributed by atoms with Crippen LogP contribution in [-0.4, -0.2) is 128 Å². The van der Waals surface area contributed by atoms with Crippen LogP contribution in [0.3, 0.4) is 0 Å². The van der Waals surface area contributed by atoms with E-state index in [2.05, 4.69) is 25.9 Å². The number of rotatable bonds is 19. The summed E-state index contributed by atoms with van der Waals surface area (Å²) >= 11 is 0. The van der Waals surface area contributed by atoms with Gasteiger partial charge in [-0.3, -0.25) is 28.8 Å². The molecule has 5 atom stereocenters. The van der Waals surface area contributed by atoms with Crippen LogP contribution in [0.25, 0.3) is 0 Å². The van der Waals surface area contributed by atoms with E-state index in [1.807, 2.05) is 5.32 Å². The second kappa shape index (κ2) is 18.2. The predicted octanol–water partition coefficient (Wildman–Crippen LogP) is -4.48. The summed E-state index contributed by atoms with van der Waals surface area (Å²) in [6.07, 6.45) is 3.66. The monoisotopic (exact) mass is 639 g/mol. The number of aromatic amines is 1. The Morgan fingerprint density at radius 3 is 2.16 bits per heavy atom. The Balaban J connectivity index is 2.22. The molecule has 2 rings (SSSR count). The first kappa shape index (κ1) is 36.6. The van der Waals surface area contributed by atoms with Crippen molar-refractivity contribution in [2.75, 3.05) is 26.2 Å². The van der Waals surface area contributed by atoms with Gasteiger partial charge in [0.1, 0.15) is 30.2 Å². The molecule has 1 aromatic rings. The molecule has 1 aliphatic rings. The molecule has 250 valence electrons. The number of carboxylic acid groups (broad SMARTS) is 2. The van der Waals surface area contributed by atoms with Gasteiger partial charge in [-0.1, -0.05) is 0 Å². The van der Waals surface area contributed by atoms with Crippen molar-refractivity contribution in [3.8, 4) is 0 Å². The molecular weight excluding hydrogens is 598 g/mol. The summed E-state index contributed by atoms with van der Waals surface area (Å²) in [5.41, 5.74) is 11.5. The third-order valence-corrected chi connectivity index (χ3v) is 7.05. The van der Waals surface area contributed by atoms with Gasteiger partial charge in [0.2, 0.25) is 29.5 Å². The third-order valence-electron chi connectivity index (χ3n) is 7.05. The molecule has 0 saturated carbocycles. The number of carbonyl (C=O) groups excluding carboxylic acids is 5. The number of imidazole rings is 1. The topological polar surface area (TPSA) is 312 Å². The minimum Gasteiger partial charge on any atom is -0.481 e. The first-order chi connectivity index (χ1) is 21.4. The van der Waals surface area contributed by atoms with Crippen molar-refractivity contribution >= 4 is 41.5 Å². The Kier molecular flexibility index (Phi) is 14.8. The molecule has 0 bridgehead atoms. The van der Waals surface area contributed by atoms with E-state index in [-0.39, 0.29) is 19.4 Å². The van der Waals surface area contributed by atoms with E-state index in [1.54, 1.807) is 0 Å². The van der Waals surface area contributed by atoms with Gasteiger partial charge >= 0.3 is 11.9 Å². The lowest BCUT2D eigenvalue weighted by Crippen LogP contribution is -2.60. The van der Waals surface area contributed by atoms with Gasteiger partial charge < -0.3 is 57.9 Å². The van der Waals surface area contributed by atoms with Gasteiger partial charge in [0.15, 0.2) is 0 Å². The lowest BCUT2D eigenvalue weighted by molar-refractivity contribution is -0.147. The minimum atomic E-state index is -1.84. The van der Waals surface area contributed by atoms with Gasteiger partial charge in [-0.25, -0.2) is 9.78 Å². The van der Waals surface area contributed by atoms with Crippen LogP contribution in [0.4, 0.5) is 0 Å². The standard InChI is InChI=1S/C26H41N9O10/c27-6-2-1-4-15(31-25(43)19-5-3-7-35(19)20(37)10-28)22(40)32-16(8-14-11-29-13-30-14)23(41)34-18(12-36)24(42)33-17(26(44)45)9-21(38)39/h11,13,15-19,36H,1-10,12,27-28H2,(H,29,30)(H,31,43)(H,32,40)(H,33,42)(H,34,41)(H,38,39)(H,44,45)/t15-,16-,17-,18-,19-/m0/s1. The van der Waals surface area contributed by atoms with E-state index in [1.165, 1.54) is 17.4 Å². The molecule has 0 aliphatic carbocycles. The van der Waals surface area contributed by atoms with Crippen molar-refractivity contribution in [3.05, 3.63) is 18.2 Å². The number of carbonyl (C=O) groups is 7. The van der Waals surface area contributed by atoms with Crippen LogP contribution in [0.5, 0.6) is 0 Å². The summed E-state index contributed by atoms with van der Waals surface area (Å²) in [5, 5.41) is 37.3. The van der Waals surface area contributed by atoms with E-state index >= 15 is 0 Å². The largest absolute Gasteiger partial charge is 0.481 e. The second-order valence-corrected chi connectivity index (χ2v) is 10.4. The number of nitrogens with two attached hydrogens (primary N) is 2. The van der Waals surface area contributed by atoms with Crippen LogP contribution in [0.2, 0.25) is 0 Å². The molecule has 1 fully saturated rings. The van der Waals surface area contributed by atoms with Gasteiger partial charge in [-0.05, 0) is 38.6 Å². The minimum absolute atomic E-state index is 0.145. The third kappa shape index (κ3) is 11.4. The zero-order valence-corrected chi connectivity index (χ0v) is 24.6. The number of hydrogen-bond acceptors (Lipinski definition) is 11. The number of unbranched alkanes of at least 4 members (excludes halogenated alkanes) is 1. The Morgan fingerprint density at radius 2 is 1.58 bits per heavy atom. The molecule has 12 N–H and O–H groups in total. The molecule has 19 heteroatoms. The van der Waals surface area contributed by atoms with Crippen LogP contribution in [0, 0.1) is 0 Å². The van der Waals surface area contributed by atoms with E-state index < -0.39 is 84.7 Å². The quantitative estimate of drug-likeness (QED) is 0.0639. The molecule has 19 nitrogen and oxygen atoms in total. The van der Waals surface area contributed by atoms with Crippen molar-refractivity contribution in [1.29, 1.82) is 0 Å². The highest BCUT2D eigenvalue weighted by Crippen LogP contribution is 2.18. The number of hydrogen-bond donors (Lipinski definition) is 10. The van der Waals surface area contributed by atoms with Crippen molar-refractivity contribution < 1.29 is 48.9 Å². The zero-order chi connectivity index (χ0) is 33.5. The fourth-order valence-electron chi connectivity index (χ4n) is 4.70. The van der Waals surface area contributed by atoms with Crippen molar-refractivity contribution in [1.82, 2.24) is 36.1 Å². The molecule has 1 aromatic heterocycles. The highest BCUT2D eigenvalue weighted by molar-refractivity contribution is 5.96. The molecule has 5 amide bonds. The highest BCUT2D eigenvalue weighted by atomic mass is 16.4. The number of amides is 5. The number of H-pyrrole nitrogens is 1. The number of aromatic nitrogens is 2. The van der Waals surface area contributed by atoms with E-state index in [4.69, 9.17) is 16.6 Å². The summed E-state index contributed by atoms with van der Waals surface area (Å²) in [7, 11) is 0. The normalized spacial score (nSPS) is 17.0. The summed E-state index contributed by atoms with van der Waals surface area (Å²) in [5.74, 6) is -7.02. The average molecular weight is 640 g/mol. The Labute approximate surface area is 257 Å². The van der Waals surface area contributed by atoms with Crippen LogP contribution in [0.15, 0.2) is 12.5 Å². The van der Waals surface area contributed by atoms with Gasteiger partial charge in [-0.2, -0.15) is 0 Å². The Hall–Kier alpha value is -4.62. The number of aliphatic hydroxyl groups is 1. The van der Waals surface area contributed by atoms with Crippen molar-refractivity contribution in [2.24, 2.45) is 11.5 Å². The summed E-state index contributed by atoms with van der Waals surface area (Å²) < 4.78 is 0. The number of carboxylic acids is 2. The predicted molar refractivity (Wildman–Crippen MR) is 154 cm³/mol. The molecular formula is C26H41N9O10. The zero-order valence-electron chi connectivity index (χ0n) is 24.6. The maximum atomic E-state index is 13.5. The number of aliphatic hydroxyl groups excluding tert-OH is 1. The molecule has 1 saturated heterocycles. The molecule has 45 heavy (non-hydrogen) atoms. The lowest BCUT2D eigenvalue weighted by Gasteiger charge is -2.27. The van der Waals surface area contributed by atoms with Crippen LogP contribution in [-0.2, 0) is 40.0 Å². The number of likely N-dealkylation sites (tertiary alicyclic amines) is 1. The Morgan fingerprint density at radius 1 is 0.933 bits per heavy atom. The lowest BCUT2D eigenvalue weighted by atomic mass is 10.0. The molecule has 0 spiro atoms. The van der Waals surface area contributed by atoms with Gasteiger partial charge in [0.25, 0.3) is 0 Å². The smallest absolute Gasteiger partial charge is 0.326 e. The number of nitrogens with one attached hydrogen (secondary N) is 5. The molecule has 0 aromatic carbocycles. The van der Waals surface area contributed by atoms with Crippen LogP contribution >= 0.6 is 0 Å². The van der Waals surface area contributed by atoms with E-state index in [9.17, 15) is 43.8 Å². The maximum Gasteiger partial charge on any atom is 0.326 e. The fraction of sp³-hybridized carbons (Fsp3) is 0.615. The first-order valence-corrected chi connectivity index (χ1v) is 14.4. The highest BCUT2D eigenvalue weighted by Gasteiger charge is 2.36. The SMILES string of the molecule is NCCCC[C@H](NC(=O)[C@@H]1CCCN1C(=O)CN)C(=O)N[C@@H](Cc1cnc[nH]1)C(=O)N[C@@H](CO)C(=O)N[C@@H](CC(=O)O)C(=O)O. The first-order valence-electron chi connectivity index (χ1n) is 14.4. The van der Waals surface area contributed by atoms with E-state index in [0.717, 1.165) is 0 Å². The Bertz CT molecular complexity index is 1200. The van der Waals surface area contributed by atoms with Crippen molar-refractivity contribution in [3.63, 3.8) is 0 Å². The second-order valence-electron chi connectivity index (χ2n) is 10.4. The fourth-order valence-corrected chi connectivity index (χ4v) is 4.70. The van der Waals surface area contributed by atoms with Gasteiger partial charge in [0.05, 0.1) is 25.9 Å². The summed E-state index contributed by atoms with van der Waals surface area (Å²) in [6.45, 7) is -0.598. The molecule has 2 heterocycles. The van der Waals surface area contributed by atoms with E-state index in [0.29, 0.717) is 44.5 Å². The van der Waals surface area contributed by atoms with Gasteiger partial charge in [0, 0.05) is 24.9 Å². The molecule has 1 aliphatic heterocycles. The average Bonchev–Trinajstić information content (AvgIpc) is 3.70. The number of nitrogens with zero attached hydrogens (tertiary/aromatic N) is 2. The summed E-state index contributed by atoms with van der Waals surface area (Å²) in [6, 6.07) is -6.89. The van der Waals surface area contributed by atoms with Crippen LogP contribution < -0.4 is 32.7 Å². The van der Waals surface area contributed by atoms with Crippen LogP contribution in [0.1, 0.15) is 44.2 Å². The summed E-state index contributed by atoms with van der Waals surface area (Å²) in [4.78, 5) is 95.1. The van der Waals surface area contributed by atoms with Crippen molar-refractivity contribution in [2.45, 2.75) is 75.2 Å².